The third-order valence-corrected chi connectivity index (χ3v) is 5.64. The molecule has 6 nitrogen and oxygen atoms in total. The molecule has 1 amide bonds. The Hall–Kier alpha value is -3.67. The van der Waals surface area contributed by atoms with Crippen LogP contribution in [0.1, 0.15) is 23.1 Å². The molecule has 2 atom stereocenters. The van der Waals surface area contributed by atoms with Gasteiger partial charge in [-0.3, -0.25) is 4.79 Å². The van der Waals surface area contributed by atoms with Crippen LogP contribution >= 0.6 is 0 Å². The van der Waals surface area contributed by atoms with Crippen LogP contribution in [0.5, 0.6) is 23.0 Å². The van der Waals surface area contributed by atoms with E-state index in [-0.39, 0.29) is 17.9 Å². The van der Waals surface area contributed by atoms with E-state index < -0.39 is 0 Å². The maximum Gasteiger partial charge on any atom is 0.237 e. The second-order valence-corrected chi connectivity index (χ2v) is 7.20. The number of β-lactam (4-membered cyclic amide) rings is 1. The molecule has 0 N–H and O–H groups in total. The molecule has 3 aromatic carbocycles. The molecule has 1 aliphatic heterocycles. The van der Waals surface area contributed by atoms with Gasteiger partial charge in [-0.1, -0.05) is 30.3 Å². The van der Waals surface area contributed by atoms with Gasteiger partial charge in [-0.15, -0.1) is 0 Å². The molecule has 1 heterocycles. The number of hydrogen-bond donors (Lipinski definition) is 0. The average molecular weight is 419 g/mol. The van der Waals surface area contributed by atoms with Crippen LogP contribution < -0.4 is 23.8 Å². The van der Waals surface area contributed by atoms with Crippen molar-refractivity contribution in [2.75, 3.05) is 33.3 Å². The van der Waals surface area contributed by atoms with Gasteiger partial charge >= 0.3 is 0 Å². The zero-order valence-corrected chi connectivity index (χ0v) is 18.0. The lowest BCUT2D eigenvalue weighted by Gasteiger charge is -2.48. The van der Waals surface area contributed by atoms with Crippen LogP contribution in [0.25, 0.3) is 0 Å². The van der Waals surface area contributed by atoms with Crippen molar-refractivity contribution in [3.8, 4) is 23.0 Å². The standard InChI is InChI=1S/C25H25NO5/c1-28-19-12-10-18(11-13-19)26-23(22(25(26)27)16-8-6-5-7-9-16)17-14-20(29-2)24(31-4)21(15-17)30-3/h5-15,22-23H,1-4H3/t22-,23-/m1/s1. The Morgan fingerprint density at radius 1 is 0.710 bits per heavy atom. The number of amides is 1. The summed E-state index contributed by atoms with van der Waals surface area (Å²) in [7, 11) is 6.36. The van der Waals surface area contributed by atoms with Crippen molar-refractivity contribution in [3.05, 3.63) is 77.9 Å². The molecule has 0 saturated carbocycles. The van der Waals surface area contributed by atoms with Crippen molar-refractivity contribution in [1.82, 2.24) is 0 Å². The Morgan fingerprint density at radius 3 is 1.84 bits per heavy atom. The minimum Gasteiger partial charge on any atom is -0.497 e. The quantitative estimate of drug-likeness (QED) is 0.524. The predicted molar refractivity (Wildman–Crippen MR) is 119 cm³/mol. The SMILES string of the molecule is COc1ccc(N2C(=O)[C@H](c3ccccc3)[C@H]2c2cc(OC)c(OC)c(OC)c2)cc1. The molecule has 0 bridgehead atoms. The van der Waals surface area contributed by atoms with E-state index in [4.69, 9.17) is 18.9 Å². The van der Waals surface area contributed by atoms with E-state index in [0.717, 1.165) is 22.6 Å². The molecule has 1 aliphatic rings. The Balaban J connectivity index is 1.83. The van der Waals surface area contributed by atoms with Gasteiger partial charge in [0.05, 0.1) is 40.4 Å². The maximum atomic E-state index is 13.3. The molecule has 0 aromatic heterocycles. The average Bonchev–Trinajstić information content (AvgIpc) is 2.82. The summed E-state index contributed by atoms with van der Waals surface area (Å²) >= 11 is 0. The van der Waals surface area contributed by atoms with Gasteiger partial charge in [0.2, 0.25) is 11.7 Å². The number of anilines is 1. The minimum absolute atomic E-state index is 0.0371. The summed E-state index contributed by atoms with van der Waals surface area (Å²) in [5, 5.41) is 0. The topological polar surface area (TPSA) is 57.2 Å². The third kappa shape index (κ3) is 3.54. The third-order valence-electron chi connectivity index (χ3n) is 5.64. The normalized spacial score (nSPS) is 17.7. The molecule has 4 rings (SSSR count). The Bertz CT molecular complexity index is 1040. The summed E-state index contributed by atoms with van der Waals surface area (Å²) in [6, 6.07) is 20.9. The van der Waals surface area contributed by atoms with Crippen molar-refractivity contribution in [1.29, 1.82) is 0 Å². The minimum atomic E-state index is -0.314. The number of benzene rings is 3. The molecule has 0 spiro atoms. The summed E-state index contributed by atoms with van der Waals surface area (Å²) in [5.74, 6) is 2.09. The van der Waals surface area contributed by atoms with E-state index in [1.165, 1.54) is 0 Å². The van der Waals surface area contributed by atoms with E-state index >= 15 is 0 Å². The Morgan fingerprint density at radius 2 is 1.32 bits per heavy atom. The summed E-state index contributed by atoms with van der Waals surface area (Å²) in [4.78, 5) is 15.1. The Kier molecular flexibility index (Phi) is 5.71. The first-order chi connectivity index (χ1) is 15.1. The highest BCUT2D eigenvalue weighted by Gasteiger charge is 2.50. The van der Waals surface area contributed by atoms with Crippen LogP contribution in [0, 0.1) is 0 Å². The van der Waals surface area contributed by atoms with Gasteiger partial charge in [-0.25, -0.2) is 0 Å². The van der Waals surface area contributed by atoms with Crippen LogP contribution in [0.2, 0.25) is 0 Å². The fraction of sp³-hybridized carbons (Fsp3) is 0.240. The predicted octanol–water partition coefficient (Wildman–Crippen LogP) is 4.59. The molecule has 0 radical (unpaired) electrons. The van der Waals surface area contributed by atoms with Crippen LogP contribution in [0.3, 0.4) is 0 Å². The lowest BCUT2D eigenvalue weighted by molar-refractivity contribution is -0.126. The van der Waals surface area contributed by atoms with Crippen molar-refractivity contribution < 1.29 is 23.7 Å². The zero-order chi connectivity index (χ0) is 22.0. The van der Waals surface area contributed by atoms with Crippen LogP contribution in [0.4, 0.5) is 5.69 Å². The van der Waals surface area contributed by atoms with Crippen LogP contribution in [-0.4, -0.2) is 34.3 Å². The molecule has 0 aliphatic carbocycles. The highest BCUT2D eigenvalue weighted by atomic mass is 16.5. The second-order valence-electron chi connectivity index (χ2n) is 7.20. The first kappa shape index (κ1) is 20.6. The maximum absolute atomic E-state index is 13.3. The molecule has 160 valence electrons. The van der Waals surface area contributed by atoms with Gasteiger partial charge in [0, 0.05) is 5.69 Å². The van der Waals surface area contributed by atoms with E-state index in [0.29, 0.717) is 17.2 Å². The summed E-state index contributed by atoms with van der Waals surface area (Å²) in [5.41, 5.74) is 2.67. The number of nitrogens with zero attached hydrogens (tertiary/aromatic N) is 1. The van der Waals surface area contributed by atoms with Gasteiger partial charge in [0.15, 0.2) is 11.5 Å². The van der Waals surface area contributed by atoms with Gasteiger partial charge in [0.25, 0.3) is 0 Å². The van der Waals surface area contributed by atoms with Gasteiger partial charge < -0.3 is 23.8 Å². The zero-order valence-electron chi connectivity index (χ0n) is 18.0. The Labute approximate surface area is 181 Å². The van der Waals surface area contributed by atoms with E-state index in [2.05, 4.69) is 0 Å². The number of carbonyl (C=O) groups is 1. The summed E-state index contributed by atoms with van der Waals surface area (Å²) < 4.78 is 21.8. The molecule has 31 heavy (non-hydrogen) atoms. The monoisotopic (exact) mass is 419 g/mol. The molecule has 3 aromatic rings. The first-order valence-corrected chi connectivity index (χ1v) is 9.95. The number of methoxy groups -OCH3 is 4. The molecular formula is C25H25NO5. The number of rotatable bonds is 7. The molecule has 1 saturated heterocycles. The summed E-state index contributed by atoms with van der Waals surface area (Å²) in [6.45, 7) is 0. The smallest absolute Gasteiger partial charge is 0.237 e. The van der Waals surface area contributed by atoms with Crippen molar-refractivity contribution >= 4 is 11.6 Å². The molecule has 1 fully saturated rings. The fourth-order valence-corrected chi connectivity index (χ4v) is 4.12. The summed E-state index contributed by atoms with van der Waals surface area (Å²) in [6.07, 6.45) is 0. The van der Waals surface area contributed by atoms with Crippen LogP contribution in [-0.2, 0) is 4.79 Å². The number of ether oxygens (including phenoxy) is 4. The number of carbonyl (C=O) groups excluding carboxylic acids is 1. The van der Waals surface area contributed by atoms with E-state index in [1.54, 1.807) is 33.3 Å². The largest absolute Gasteiger partial charge is 0.497 e. The van der Waals surface area contributed by atoms with Gasteiger partial charge in [0.1, 0.15) is 5.75 Å². The van der Waals surface area contributed by atoms with Gasteiger partial charge in [-0.2, -0.15) is 0 Å². The van der Waals surface area contributed by atoms with Crippen LogP contribution in [0.15, 0.2) is 66.7 Å². The lowest BCUT2D eigenvalue weighted by atomic mass is 9.77. The molecule has 6 heteroatoms. The van der Waals surface area contributed by atoms with Crippen molar-refractivity contribution in [2.24, 2.45) is 0 Å². The first-order valence-electron chi connectivity index (χ1n) is 9.95. The molecular weight excluding hydrogens is 394 g/mol. The lowest BCUT2D eigenvalue weighted by Crippen LogP contribution is -2.53. The van der Waals surface area contributed by atoms with Crippen molar-refractivity contribution in [3.63, 3.8) is 0 Å². The second kappa shape index (κ2) is 8.60. The highest BCUT2D eigenvalue weighted by molar-refractivity contribution is 6.06. The van der Waals surface area contributed by atoms with E-state index in [9.17, 15) is 4.79 Å². The highest BCUT2D eigenvalue weighted by Crippen LogP contribution is 2.51. The van der Waals surface area contributed by atoms with Crippen molar-refractivity contribution in [2.45, 2.75) is 12.0 Å². The van der Waals surface area contributed by atoms with Gasteiger partial charge in [-0.05, 0) is 47.5 Å². The fourth-order valence-electron chi connectivity index (χ4n) is 4.12. The molecule has 0 unspecified atom stereocenters. The van der Waals surface area contributed by atoms with E-state index in [1.807, 2.05) is 66.7 Å². The number of hydrogen-bond acceptors (Lipinski definition) is 5.